The highest BCUT2D eigenvalue weighted by Crippen LogP contribution is 2.31. The minimum absolute atomic E-state index is 0.190. The largest absolute Gasteiger partial charge is 0.480 e. The lowest BCUT2D eigenvalue weighted by Crippen LogP contribution is -2.52. The number of aliphatic hydroxyl groups is 1. The first-order valence-corrected chi connectivity index (χ1v) is 9.91. The van der Waals surface area contributed by atoms with Crippen LogP contribution < -0.4 is 10.6 Å². The third-order valence-corrected chi connectivity index (χ3v) is 5.27. The Morgan fingerprint density at radius 2 is 1.81 bits per heavy atom. The number of carboxylic acid groups (broad SMARTS) is 1. The predicted octanol–water partition coefficient (Wildman–Crippen LogP) is 3.58. The molecule has 0 aliphatic carbocycles. The summed E-state index contributed by atoms with van der Waals surface area (Å²) in [7, 11) is 0. The number of aromatic nitrogens is 1. The highest BCUT2D eigenvalue weighted by molar-refractivity contribution is 6.37. The molecule has 0 fully saturated rings. The van der Waals surface area contributed by atoms with E-state index in [-0.39, 0.29) is 12.5 Å². The molecule has 0 bridgehead atoms. The lowest BCUT2D eigenvalue weighted by Gasteiger charge is -2.23. The zero-order chi connectivity index (χ0) is 22.4. The summed E-state index contributed by atoms with van der Waals surface area (Å²) in [6.07, 6.45) is 1.52. The molecule has 7 nitrogen and oxygen atoms in total. The molecule has 0 aliphatic rings. The Morgan fingerprint density at radius 3 is 2.42 bits per heavy atom. The number of carboxylic acids is 1. The van der Waals surface area contributed by atoms with Crippen molar-refractivity contribution in [3.05, 3.63) is 83.0 Å². The van der Waals surface area contributed by atoms with Gasteiger partial charge in [-0.05, 0) is 30.2 Å². The van der Waals surface area contributed by atoms with Crippen LogP contribution in [0.25, 0.3) is 11.1 Å². The number of hydrogen-bond donors (Lipinski definition) is 4. The van der Waals surface area contributed by atoms with Crippen LogP contribution in [0, 0.1) is 0 Å². The Morgan fingerprint density at radius 1 is 1.06 bits per heavy atom. The maximum atomic E-state index is 12.7. The van der Waals surface area contributed by atoms with Gasteiger partial charge in [0.05, 0.1) is 17.2 Å². The standard InChI is InChI=1S/C23H22ClN3O4/c1-23(14-28,22(30)31)26-13-15-10-11-19(25-12-15)27-21(29)18-9-5-8-17(20(18)24)16-6-3-2-4-7-16/h2-12,26,28H,13-14H2,1H3,(H,30,31)(H,25,27,29)/t23-/m0/s1. The fraction of sp³-hybridized carbons (Fsp3) is 0.174. The molecule has 3 rings (SSSR count). The molecular formula is C23H22ClN3O4. The number of aliphatic hydroxyl groups excluding tert-OH is 1. The zero-order valence-corrected chi connectivity index (χ0v) is 17.6. The van der Waals surface area contributed by atoms with Crippen molar-refractivity contribution in [1.29, 1.82) is 0 Å². The molecular weight excluding hydrogens is 418 g/mol. The lowest BCUT2D eigenvalue weighted by atomic mass is 10.0. The number of nitrogens with one attached hydrogen (secondary N) is 2. The van der Waals surface area contributed by atoms with Crippen LogP contribution in [0.2, 0.25) is 5.02 Å². The van der Waals surface area contributed by atoms with Gasteiger partial charge in [0.15, 0.2) is 0 Å². The van der Waals surface area contributed by atoms with Gasteiger partial charge in [-0.1, -0.05) is 60.1 Å². The molecule has 0 saturated carbocycles. The SMILES string of the molecule is C[C@@](CO)(NCc1ccc(NC(=O)c2cccc(-c3ccccc3)c2Cl)nc1)C(=O)O. The average molecular weight is 440 g/mol. The Labute approximate surface area is 184 Å². The number of aliphatic carboxylic acids is 1. The van der Waals surface area contributed by atoms with Crippen molar-refractivity contribution in [2.45, 2.75) is 19.0 Å². The molecule has 160 valence electrons. The first-order valence-electron chi connectivity index (χ1n) is 9.53. The molecule has 0 aliphatic heterocycles. The van der Waals surface area contributed by atoms with Gasteiger partial charge in [-0.25, -0.2) is 4.98 Å². The molecule has 1 heterocycles. The van der Waals surface area contributed by atoms with E-state index in [1.807, 2.05) is 36.4 Å². The van der Waals surface area contributed by atoms with Gasteiger partial charge in [0.2, 0.25) is 0 Å². The molecule has 1 atom stereocenters. The van der Waals surface area contributed by atoms with Gasteiger partial charge in [0.25, 0.3) is 5.91 Å². The molecule has 2 aromatic carbocycles. The first kappa shape index (κ1) is 22.4. The summed E-state index contributed by atoms with van der Waals surface area (Å²) in [4.78, 5) is 28.2. The summed E-state index contributed by atoms with van der Waals surface area (Å²) in [6, 6.07) is 18.1. The van der Waals surface area contributed by atoms with Crippen LogP contribution in [-0.2, 0) is 11.3 Å². The summed E-state index contributed by atoms with van der Waals surface area (Å²) in [5.74, 6) is -1.21. The average Bonchev–Trinajstić information content (AvgIpc) is 2.79. The summed E-state index contributed by atoms with van der Waals surface area (Å²) < 4.78 is 0. The number of hydrogen-bond acceptors (Lipinski definition) is 5. The summed E-state index contributed by atoms with van der Waals surface area (Å²) in [5, 5.41) is 24.3. The van der Waals surface area contributed by atoms with Gasteiger partial charge < -0.3 is 15.5 Å². The molecule has 31 heavy (non-hydrogen) atoms. The minimum Gasteiger partial charge on any atom is -0.480 e. The van der Waals surface area contributed by atoms with Gasteiger partial charge in [-0.3, -0.25) is 14.9 Å². The van der Waals surface area contributed by atoms with E-state index in [0.717, 1.165) is 11.1 Å². The molecule has 0 unspecified atom stereocenters. The Hall–Kier alpha value is -3.26. The highest BCUT2D eigenvalue weighted by Gasteiger charge is 2.31. The molecule has 4 N–H and O–H groups in total. The Bertz CT molecular complexity index is 1070. The van der Waals surface area contributed by atoms with Crippen molar-refractivity contribution in [2.75, 3.05) is 11.9 Å². The summed E-state index contributed by atoms with van der Waals surface area (Å²) >= 11 is 6.49. The van der Waals surface area contributed by atoms with E-state index in [1.165, 1.54) is 13.1 Å². The van der Waals surface area contributed by atoms with E-state index in [4.69, 9.17) is 11.6 Å². The third kappa shape index (κ3) is 5.27. The number of carbonyl (C=O) groups excluding carboxylic acids is 1. The van der Waals surface area contributed by atoms with E-state index in [2.05, 4.69) is 15.6 Å². The lowest BCUT2D eigenvalue weighted by molar-refractivity contribution is -0.145. The third-order valence-electron chi connectivity index (χ3n) is 4.87. The van der Waals surface area contributed by atoms with Crippen molar-refractivity contribution in [2.24, 2.45) is 0 Å². The number of benzene rings is 2. The van der Waals surface area contributed by atoms with Crippen LogP contribution in [0.4, 0.5) is 5.82 Å². The van der Waals surface area contributed by atoms with Crippen LogP contribution in [-0.4, -0.2) is 39.2 Å². The van der Waals surface area contributed by atoms with Crippen molar-refractivity contribution < 1.29 is 19.8 Å². The van der Waals surface area contributed by atoms with Gasteiger partial charge in [-0.2, -0.15) is 0 Å². The molecule has 0 saturated heterocycles. The highest BCUT2D eigenvalue weighted by atomic mass is 35.5. The molecule has 0 spiro atoms. The smallest absolute Gasteiger partial charge is 0.326 e. The number of halogens is 1. The van der Waals surface area contributed by atoms with Crippen LogP contribution >= 0.6 is 11.6 Å². The Balaban J connectivity index is 1.70. The van der Waals surface area contributed by atoms with Crippen LogP contribution in [0.15, 0.2) is 66.9 Å². The molecule has 3 aromatic rings. The molecule has 8 heteroatoms. The van der Waals surface area contributed by atoms with Crippen molar-refractivity contribution in [3.63, 3.8) is 0 Å². The number of amides is 1. The Kier molecular flexibility index (Phi) is 7.02. The maximum Gasteiger partial charge on any atom is 0.326 e. The monoisotopic (exact) mass is 439 g/mol. The van der Waals surface area contributed by atoms with E-state index >= 15 is 0 Å². The maximum absolute atomic E-state index is 12.7. The van der Waals surface area contributed by atoms with E-state index < -0.39 is 18.1 Å². The summed E-state index contributed by atoms with van der Waals surface area (Å²) in [5.41, 5.74) is 1.25. The predicted molar refractivity (Wildman–Crippen MR) is 119 cm³/mol. The summed E-state index contributed by atoms with van der Waals surface area (Å²) in [6.45, 7) is 1.03. The van der Waals surface area contributed by atoms with Crippen LogP contribution in [0.3, 0.4) is 0 Å². The van der Waals surface area contributed by atoms with Crippen molar-refractivity contribution in [3.8, 4) is 11.1 Å². The second kappa shape index (κ2) is 9.70. The zero-order valence-electron chi connectivity index (χ0n) is 16.8. The number of anilines is 1. The second-order valence-electron chi connectivity index (χ2n) is 7.19. The number of nitrogens with zero attached hydrogens (tertiary/aromatic N) is 1. The van der Waals surface area contributed by atoms with Gasteiger partial charge in [-0.15, -0.1) is 0 Å². The van der Waals surface area contributed by atoms with Crippen molar-refractivity contribution >= 4 is 29.3 Å². The minimum atomic E-state index is -1.45. The first-order chi connectivity index (χ1) is 14.8. The normalized spacial score (nSPS) is 12.7. The fourth-order valence-corrected chi connectivity index (χ4v) is 3.15. The van der Waals surface area contributed by atoms with Gasteiger partial charge in [0.1, 0.15) is 11.4 Å². The molecule has 0 radical (unpaired) electrons. The van der Waals surface area contributed by atoms with Crippen LogP contribution in [0.1, 0.15) is 22.8 Å². The number of pyridine rings is 1. The number of carbonyl (C=O) groups is 2. The molecule has 1 aromatic heterocycles. The van der Waals surface area contributed by atoms with Crippen molar-refractivity contribution in [1.82, 2.24) is 10.3 Å². The molecule has 1 amide bonds. The van der Waals surface area contributed by atoms with Crippen LogP contribution in [0.5, 0.6) is 0 Å². The topological polar surface area (TPSA) is 112 Å². The quantitative estimate of drug-likeness (QED) is 0.427. The van der Waals surface area contributed by atoms with Gasteiger partial charge >= 0.3 is 5.97 Å². The van der Waals surface area contributed by atoms with E-state index in [9.17, 15) is 19.8 Å². The van der Waals surface area contributed by atoms with E-state index in [1.54, 1.807) is 24.3 Å². The number of rotatable bonds is 8. The van der Waals surface area contributed by atoms with E-state index in [0.29, 0.717) is 22.0 Å². The fourth-order valence-electron chi connectivity index (χ4n) is 2.83. The van der Waals surface area contributed by atoms with Gasteiger partial charge in [0, 0.05) is 18.3 Å². The second-order valence-corrected chi connectivity index (χ2v) is 7.57.